The fourth-order valence-electron chi connectivity index (χ4n) is 2.85. The number of fused-ring (bicyclic) bond motifs is 2. The van der Waals surface area contributed by atoms with Crippen LogP contribution in [-0.2, 0) is 4.79 Å². The highest BCUT2D eigenvalue weighted by molar-refractivity contribution is 7.21. The van der Waals surface area contributed by atoms with E-state index in [1.54, 1.807) is 32.0 Å². The van der Waals surface area contributed by atoms with Crippen molar-refractivity contribution in [2.24, 2.45) is 0 Å². The molecule has 0 spiro atoms. The Labute approximate surface area is 155 Å². The maximum absolute atomic E-state index is 13.4. The van der Waals surface area contributed by atoms with Crippen molar-refractivity contribution < 1.29 is 32.9 Å². The first-order valence-electron chi connectivity index (χ1n) is 7.86. The molecule has 2 aromatic carbocycles. The van der Waals surface area contributed by atoms with Crippen molar-refractivity contribution in [2.75, 3.05) is 6.79 Å². The van der Waals surface area contributed by atoms with Crippen molar-refractivity contribution in [3.8, 4) is 27.8 Å². The fourth-order valence-corrected chi connectivity index (χ4v) is 3.81. The van der Waals surface area contributed by atoms with Crippen LogP contribution in [0.2, 0.25) is 0 Å². The fraction of sp³-hybridized carbons (Fsp3) is 0.222. The zero-order valence-corrected chi connectivity index (χ0v) is 15.0. The van der Waals surface area contributed by atoms with Gasteiger partial charge in [0.25, 0.3) is 0 Å². The van der Waals surface area contributed by atoms with E-state index in [1.807, 2.05) is 6.07 Å². The zero-order chi connectivity index (χ0) is 19.3. The largest absolute Gasteiger partial charge is 0.501 e. The van der Waals surface area contributed by atoms with Crippen LogP contribution in [0, 0.1) is 13.8 Å². The van der Waals surface area contributed by atoms with Gasteiger partial charge in [-0.05, 0) is 37.1 Å². The second-order valence-corrected chi connectivity index (χ2v) is 7.09. The van der Waals surface area contributed by atoms with E-state index < -0.39 is 12.1 Å². The number of halogens is 2. The molecule has 0 radical (unpaired) electrons. The summed E-state index contributed by atoms with van der Waals surface area (Å²) in [6, 6.07) is 6.92. The molecule has 3 aromatic rings. The summed E-state index contributed by atoms with van der Waals surface area (Å²) in [5.41, 5.74) is 2.24. The standard InChI is InChI=1S/C18H13F2NO5S/c1-8-3-10(4-9(2)15(8)26-18(19,20)17(22)23)16-21-11-5-12-13(25-7-24-12)6-14(11)27-16/h3-6H,7H2,1-2H3,(H,22,23). The quantitative estimate of drug-likeness (QED) is 0.709. The van der Waals surface area contributed by atoms with Crippen LogP contribution >= 0.6 is 11.3 Å². The van der Waals surface area contributed by atoms with Gasteiger partial charge in [-0.15, -0.1) is 11.3 Å². The Morgan fingerprint density at radius 2 is 1.81 bits per heavy atom. The molecule has 0 bridgehead atoms. The van der Waals surface area contributed by atoms with Crippen molar-refractivity contribution in [3.05, 3.63) is 35.4 Å². The minimum absolute atomic E-state index is 0.159. The first-order valence-corrected chi connectivity index (χ1v) is 8.68. The molecular formula is C18H13F2NO5S. The predicted octanol–water partition coefficient (Wildman–Crippen LogP) is 4.37. The lowest BCUT2D eigenvalue weighted by molar-refractivity contribution is -0.211. The average Bonchev–Trinajstić information content (AvgIpc) is 3.21. The number of carbonyl (C=O) groups is 1. The van der Waals surface area contributed by atoms with Gasteiger partial charge in [-0.2, -0.15) is 8.78 Å². The minimum Gasteiger partial charge on any atom is -0.474 e. The molecule has 140 valence electrons. The van der Waals surface area contributed by atoms with Gasteiger partial charge in [-0.3, -0.25) is 0 Å². The van der Waals surface area contributed by atoms with Gasteiger partial charge in [0.15, 0.2) is 11.5 Å². The number of ether oxygens (including phenoxy) is 3. The van der Waals surface area contributed by atoms with Crippen molar-refractivity contribution in [2.45, 2.75) is 20.0 Å². The van der Waals surface area contributed by atoms with E-state index in [2.05, 4.69) is 9.72 Å². The summed E-state index contributed by atoms with van der Waals surface area (Å²) in [4.78, 5) is 15.2. The molecule has 9 heteroatoms. The molecule has 0 saturated carbocycles. The van der Waals surface area contributed by atoms with Crippen molar-refractivity contribution in [1.82, 2.24) is 4.98 Å². The van der Waals surface area contributed by atoms with E-state index in [1.165, 1.54) is 11.3 Å². The van der Waals surface area contributed by atoms with Gasteiger partial charge in [-0.1, -0.05) is 0 Å². The number of aryl methyl sites for hydroxylation is 2. The number of rotatable bonds is 4. The van der Waals surface area contributed by atoms with Gasteiger partial charge in [0.1, 0.15) is 10.8 Å². The maximum atomic E-state index is 13.4. The number of carboxylic acids is 1. The number of hydrogen-bond donors (Lipinski definition) is 1. The third kappa shape index (κ3) is 3.03. The van der Waals surface area contributed by atoms with Gasteiger partial charge >= 0.3 is 12.1 Å². The Balaban J connectivity index is 1.73. The van der Waals surface area contributed by atoms with Gasteiger partial charge < -0.3 is 19.3 Å². The zero-order valence-electron chi connectivity index (χ0n) is 14.2. The molecule has 1 aromatic heterocycles. The highest BCUT2D eigenvalue weighted by Crippen LogP contribution is 2.41. The van der Waals surface area contributed by atoms with Crippen molar-refractivity contribution >= 4 is 27.5 Å². The number of thiazole rings is 1. The summed E-state index contributed by atoms with van der Waals surface area (Å²) in [6.07, 6.45) is -4.30. The van der Waals surface area contributed by atoms with E-state index in [0.717, 1.165) is 15.8 Å². The molecule has 0 atom stereocenters. The van der Waals surface area contributed by atoms with Gasteiger partial charge in [-0.25, -0.2) is 9.78 Å². The van der Waals surface area contributed by atoms with Crippen LogP contribution in [0.1, 0.15) is 11.1 Å². The van der Waals surface area contributed by atoms with E-state index >= 15 is 0 Å². The highest BCUT2D eigenvalue weighted by atomic mass is 32.1. The molecule has 0 fully saturated rings. The third-order valence-corrected chi connectivity index (χ3v) is 5.14. The molecule has 6 nitrogen and oxygen atoms in total. The van der Waals surface area contributed by atoms with Crippen molar-refractivity contribution in [1.29, 1.82) is 0 Å². The molecule has 0 aliphatic carbocycles. The normalized spacial score (nSPS) is 13.2. The van der Waals surface area contributed by atoms with E-state index in [4.69, 9.17) is 14.6 Å². The van der Waals surface area contributed by atoms with Crippen LogP contribution in [-0.4, -0.2) is 29.0 Å². The lowest BCUT2D eigenvalue weighted by atomic mass is 10.1. The molecular weight excluding hydrogens is 380 g/mol. The highest BCUT2D eigenvalue weighted by Gasteiger charge is 2.43. The molecule has 1 aliphatic rings. The second-order valence-electron chi connectivity index (χ2n) is 6.06. The summed E-state index contributed by atoms with van der Waals surface area (Å²) >= 11 is 1.43. The van der Waals surface area contributed by atoms with Crippen LogP contribution < -0.4 is 14.2 Å². The van der Waals surface area contributed by atoms with E-state index in [0.29, 0.717) is 27.6 Å². The molecule has 27 heavy (non-hydrogen) atoms. The molecule has 0 unspecified atom stereocenters. The summed E-state index contributed by atoms with van der Waals surface area (Å²) in [5, 5.41) is 9.25. The Morgan fingerprint density at radius 1 is 1.19 bits per heavy atom. The summed E-state index contributed by atoms with van der Waals surface area (Å²) in [5.74, 6) is -1.21. The number of aliphatic carboxylic acids is 1. The van der Waals surface area contributed by atoms with Gasteiger partial charge in [0.05, 0.1) is 10.2 Å². The molecule has 0 amide bonds. The smallest absolute Gasteiger partial charge is 0.474 e. The van der Waals surface area contributed by atoms with Crippen LogP contribution in [0.5, 0.6) is 17.2 Å². The SMILES string of the molecule is Cc1cc(-c2nc3cc4c(cc3s2)OCO4)cc(C)c1OC(F)(F)C(=O)O. The lowest BCUT2D eigenvalue weighted by Crippen LogP contribution is -2.35. The molecule has 1 N–H and O–H groups in total. The van der Waals surface area contributed by atoms with Crippen LogP contribution in [0.4, 0.5) is 8.78 Å². The molecule has 4 rings (SSSR count). The summed E-state index contributed by atoms with van der Waals surface area (Å²) in [6.45, 7) is 3.33. The Hall–Kier alpha value is -2.94. The number of carboxylic acid groups (broad SMARTS) is 1. The number of hydrogen-bond acceptors (Lipinski definition) is 6. The number of nitrogens with zero attached hydrogens (tertiary/aromatic N) is 1. The van der Waals surface area contributed by atoms with Crippen LogP contribution in [0.25, 0.3) is 20.8 Å². The predicted molar refractivity (Wildman–Crippen MR) is 93.9 cm³/mol. The Kier molecular flexibility index (Phi) is 3.92. The molecule has 2 heterocycles. The maximum Gasteiger partial charge on any atom is 0.501 e. The van der Waals surface area contributed by atoms with Crippen LogP contribution in [0.15, 0.2) is 24.3 Å². The molecule has 0 saturated heterocycles. The minimum atomic E-state index is -4.30. The number of benzene rings is 2. The lowest BCUT2D eigenvalue weighted by Gasteiger charge is -2.17. The van der Waals surface area contributed by atoms with E-state index in [9.17, 15) is 13.6 Å². The summed E-state index contributed by atoms with van der Waals surface area (Å²) in [7, 11) is 0. The van der Waals surface area contributed by atoms with Crippen molar-refractivity contribution in [3.63, 3.8) is 0 Å². The number of alkyl halides is 2. The molecule has 1 aliphatic heterocycles. The average molecular weight is 393 g/mol. The van der Waals surface area contributed by atoms with Crippen LogP contribution in [0.3, 0.4) is 0 Å². The second kappa shape index (κ2) is 6.05. The Morgan fingerprint density at radius 3 is 2.44 bits per heavy atom. The third-order valence-electron chi connectivity index (χ3n) is 4.07. The van der Waals surface area contributed by atoms with Gasteiger partial charge in [0, 0.05) is 17.7 Å². The Bertz CT molecular complexity index is 1020. The first-order chi connectivity index (χ1) is 12.7. The summed E-state index contributed by atoms with van der Waals surface area (Å²) < 4.78 is 42.9. The van der Waals surface area contributed by atoms with E-state index in [-0.39, 0.29) is 12.5 Å². The first kappa shape index (κ1) is 17.5. The van der Waals surface area contributed by atoms with Gasteiger partial charge in [0.2, 0.25) is 6.79 Å². The monoisotopic (exact) mass is 393 g/mol. The number of aromatic nitrogens is 1. The topological polar surface area (TPSA) is 77.9 Å².